The molecule has 0 fully saturated rings. The number of benzene rings is 1. The third-order valence-electron chi connectivity index (χ3n) is 2.41. The number of rotatable bonds is 3. The van der Waals surface area contributed by atoms with Gasteiger partial charge in [0.2, 0.25) is 0 Å². The van der Waals surface area contributed by atoms with Crippen LogP contribution in [0.2, 0.25) is 5.02 Å². The number of carbonyl (C=O) groups is 1. The Morgan fingerprint density at radius 2 is 2.07 bits per heavy atom. The number of hydrogen-bond acceptors (Lipinski definition) is 2. The fourth-order valence-corrected chi connectivity index (χ4v) is 2.11. The molecule has 0 aliphatic rings. The minimum atomic E-state index is 0.103. The largest absolute Gasteiger partial charge is 0.496 e. The van der Waals surface area contributed by atoms with E-state index < -0.39 is 0 Å². The average Bonchev–Trinajstić information content (AvgIpc) is 2.12. The van der Waals surface area contributed by atoms with Crippen LogP contribution >= 0.6 is 11.6 Å². The number of methoxy groups -OCH3 is 1. The van der Waals surface area contributed by atoms with E-state index in [4.69, 9.17) is 16.3 Å². The molecule has 0 N–H and O–H groups in total. The van der Waals surface area contributed by atoms with E-state index in [1.54, 1.807) is 14.0 Å². The molecule has 1 rings (SSSR count). The lowest BCUT2D eigenvalue weighted by Crippen LogP contribution is -2.03. The molecule has 15 heavy (non-hydrogen) atoms. The van der Waals surface area contributed by atoms with Crippen molar-refractivity contribution in [2.45, 2.75) is 27.2 Å². The Labute approximate surface area is 95.2 Å². The van der Waals surface area contributed by atoms with Crippen LogP contribution in [0.3, 0.4) is 0 Å². The minimum Gasteiger partial charge on any atom is -0.496 e. The van der Waals surface area contributed by atoms with Crippen LogP contribution in [-0.4, -0.2) is 12.9 Å². The zero-order valence-electron chi connectivity index (χ0n) is 9.48. The maximum Gasteiger partial charge on any atom is 0.134 e. The quantitative estimate of drug-likeness (QED) is 0.792. The summed E-state index contributed by atoms with van der Waals surface area (Å²) in [5.74, 6) is 0.918. The average molecular weight is 227 g/mol. The Hall–Kier alpha value is -1.02. The predicted molar refractivity (Wildman–Crippen MR) is 61.9 cm³/mol. The van der Waals surface area contributed by atoms with E-state index in [1.807, 2.05) is 19.9 Å². The van der Waals surface area contributed by atoms with Gasteiger partial charge in [-0.25, -0.2) is 0 Å². The van der Waals surface area contributed by atoms with Crippen LogP contribution in [0.5, 0.6) is 5.75 Å². The summed E-state index contributed by atoms with van der Waals surface area (Å²) in [7, 11) is 1.63. The summed E-state index contributed by atoms with van der Waals surface area (Å²) in [4.78, 5) is 11.1. The SMILES string of the molecule is COc1c(C)cc(Cl)c(CC(C)=O)c1C. The van der Waals surface area contributed by atoms with Gasteiger partial charge in [-0.3, -0.25) is 4.79 Å². The highest BCUT2D eigenvalue weighted by atomic mass is 35.5. The van der Waals surface area contributed by atoms with Crippen LogP contribution in [0.15, 0.2) is 6.07 Å². The van der Waals surface area contributed by atoms with Gasteiger partial charge >= 0.3 is 0 Å². The molecule has 0 saturated heterocycles. The van der Waals surface area contributed by atoms with Gasteiger partial charge in [0, 0.05) is 11.4 Å². The summed E-state index contributed by atoms with van der Waals surface area (Å²) in [6.07, 6.45) is 0.362. The number of ketones is 1. The number of ether oxygens (including phenoxy) is 1. The molecule has 0 saturated carbocycles. The highest BCUT2D eigenvalue weighted by Crippen LogP contribution is 2.32. The van der Waals surface area contributed by atoms with E-state index in [0.717, 1.165) is 22.4 Å². The molecule has 0 aliphatic heterocycles. The maximum atomic E-state index is 11.1. The lowest BCUT2D eigenvalue weighted by Gasteiger charge is -2.14. The smallest absolute Gasteiger partial charge is 0.134 e. The zero-order valence-corrected chi connectivity index (χ0v) is 10.2. The van der Waals surface area contributed by atoms with Crippen molar-refractivity contribution in [3.8, 4) is 5.75 Å². The van der Waals surface area contributed by atoms with Gasteiger partial charge in [-0.15, -0.1) is 0 Å². The Balaban J connectivity index is 3.32. The van der Waals surface area contributed by atoms with Crippen LogP contribution in [0.4, 0.5) is 0 Å². The Morgan fingerprint density at radius 1 is 1.47 bits per heavy atom. The summed E-state index contributed by atoms with van der Waals surface area (Å²) in [6, 6.07) is 1.84. The number of halogens is 1. The molecule has 1 aromatic carbocycles. The number of carbonyl (C=O) groups excluding carboxylic acids is 1. The molecule has 0 aliphatic carbocycles. The normalized spacial score (nSPS) is 10.2. The fourth-order valence-electron chi connectivity index (χ4n) is 1.73. The van der Waals surface area contributed by atoms with Crippen LogP contribution in [0, 0.1) is 13.8 Å². The molecular weight excluding hydrogens is 212 g/mol. The molecule has 3 heteroatoms. The second-order valence-corrected chi connectivity index (χ2v) is 4.10. The van der Waals surface area contributed by atoms with Crippen molar-refractivity contribution in [1.82, 2.24) is 0 Å². The van der Waals surface area contributed by atoms with Gasteiger partial charge in [0.05, 0.1) is 7.11 Å². The van der Waals surface area contributed by atoms with Crippen molar-refractivity contribution in [1.29, 1.82) is 0 Å². The molecule has 2 nitrogen and oxygen atoms in total. The van der Waals surface area contributed by atoms with E-state index in [2.05, 4.69) is 0 Å². The molecule has 0 heterocycles. The van der Waals surface area contributed by atoms with Crippen molar-refractivity contribution < 1.29 is 9.53 Å². The highest BCUT2D eigenvalue weighted by molar-refractivity contribution is 6.31. The van der Waals surface area contributed by atoms with Gasteiger partial charge < -0.3 is 4.74 Å². The Morgan fingerprint density at radius 3 is 2.53 bits per heavy atom. The zero-order chi connectivity index (χ0) is 11.6. The van der Waals surface area contributed by atoms with E-state index in [0.29, 0.717) is 11.4 Å². The molecular formula is C12H15ClO2. The van der Waals surface area contributed by atoms with Crippen LogP contribution in [-0.2, 0) is 11.2 Å². The second kappa shape index (κ2) is 4.67. The molecule has 0 spiro atoms. The molecule has 0 bridgehead atoms. The molecule has 0 amide bonds. The molecule has 0 radical (unpaired) electrons. The number of Topliss-reactive ketones (excluding diaryl/α,β-unsaturated/α-hetero) is 1. The first-order valence-corrected chi connectivity index (χ1v) is 5.17. The van der Waals surface area contributed by atoms with Gasteiger partial charge in [0.1, 0.15) is 11.5 Å². The third-order valence-corrected chi connectivity index (χ3v) is 2.75. The van der Waals surface area contributed by atoms with Gasteiger partial charge in [0.25, 0.3) is 0 Å². The Bertz CT molecular complexity index is 397. The number of aryl methyl sites for hydroxylation is 1. The molecule has 0 atom stereocenters. The van der Waals surface area contributed by atoms with Crippen molar-refractivity contribution in [2.24, 2.45) is 0 Å². The highest BCUT2D eigenvalue weighted by Gasteiger charge is 2.13. The van der Waals surface area contributed by atoms with E-state index in [9.17, 15) is 4.79 Å². The van der Waals surface area contributed by atoms with Crippen LogP contribution in [0.1, 0.15) is 23.6 Å². The topological polar surface area (TPSA) is 26.3 Å². The summed E-state index contributed by atoms with van der Waals surface area (Å²) in [5, 5.41) is 0.640. The first kappa shape index (κ1) is 12.1. The van der Waals surface area contributed by atoms with E-state index >= 15 is 0 Å². The lowest BCUT2D eigenvalue weighted by molar-refractivity contribution is -0.116. The summed E-state index contributed by atoms with van der Waals surface area (Å²) < 4.78 is 5.28. The maximum absolute atomic E-state index is 11.1. The molecule has 0 unspecified atom stereocenters. The summed E-state index contributed by atoms with van der Waals surface area (Å²) >= 11 is 6.10. The van der Waals surface area contributed by atoms with Crippen molar-refractivity contribution in [3.05, 3.63) is 27.8 Å². The van der Waals surface area contributed by atoms with Crippen LogP contribution < -0.4 is 4.74 Å². The number of hydrogen-bond donors (Lipinski definition) is 0. The summed E-state index contributed by atoms with van der Waals surface area (Å²) in [5.41, 5.74) is 2.82. The van der Waals surface area contributed by atoms with Gasteiger partial charge in [-0.1, -0.05) is 11.6 Å². The van der Waals surface area contributed by atoms with Gasteiger partial charge in [-0.2, -0.15) is 0 Å². The first-order valence-electron chi connectivity index (χ1n) is 4.79. The van der Waals surface area contributed by atoms with Crippen molar-refractivity contribution >= 4 is 17.4 Å². The van der Waals surface area contributed by atoms with Gasteiger partial charge in [-0.05, 0) is 43.5 Å². The Kier molecular flexibility index (Phi) is 3.75. The van der Waals surface area contributed by atoms with E-state index in [1.165, 1.54) is 0 Å². The van der Waals surface area contributed by atoms with Crippen molar-refractivity contribution in [2.75, 3.05) is 7.11 Å². The predicted octanol–water partition coefficient (Wildman–Crippen LogP) is 3.10. The van der Waals surface area contributed by atoms with Crippen molar-refractivity contribution in [3.63, 3.8) is 0 Å². The van der Waals surface area contributed by atoms with Crippen LogP contribution in [0.25, 0.3) is 0 Å². The third kappa shape index (κ3) is 2.51. The van der Waals surface area contributed by atoms with Gasteiger partial charge in [0.15, 0.2) is 0 Å². The minimum absolute atomic E-state index is 0.103. The standard InChI is InChI=1S/C12H15ClO2/c1-7-5-11(13)10(6-8(2)14)9(3)12(7)15-4/h5H,6H2,1-4H3. The second-order valence-electron chi connectivity index (χ2n) is 3.69. The lowest BCUT2D eigenvalue weighted by atomic mass is 10.00. The first-order chi connectivity index (χ1) is 6.97. The molecule has 1 aromatic rings. The molecule has 82 valence electrons. The summed E-state index contributed by atoms with van der Waals surface area (Å²) in [6.45, 7) is 5.42. The fraction of sp³-hybridized carbons (Fsp3) is 0.417. The molecule has 0 aromatic heterocycles. The van der Waals surface area contributed by atoms with E-state index in [-0.39, 0.29) is 5.78 Å². The monoisotopic (exact) mass is 226 g/mol.